The van der Waals surface area contributed by atoms with E-state index in [4.69, 9.17) is 0 Å². The Morgan fingerprint density at radius 1 is 0.619 bits per heavy atom. The molecule has 312 valence electrons. The number of hydrogen-bond acceptors (Lipinski definition) is 2. The molecule has 0 spiro atoms. The smallest absolute Gasteiger partial charge is 0.0623 e. The average molecular weight is 819 g/mol. The van der Waals surface area contributed by atoms with Crippen molar-refractivity contribution in [2.24, 2.45) is 29.6 Å². The summed E-state index contributed by atoms with van der Waals surface area (Å²) in [6, 6.07) is 22.7. The van der Waals surface area contributed by atoms with Gasteiger partial charge in [-0.25, -0.2) is 0 Å². The Balaban J connectivity index is 0.840. The SMILES string of the molecule is C1=CCC(C2C=C(C3=CCCC=C3)C=C(N3C4=CC=C(C5=CCC6C(=C5)C5=C(CCCC5)N6C5=CC(c6ccccc6)=CC(c6ccccc6)C5)CC4C4=C3[C@@H]3C[C@H]3C=C4)C2)C=C1. The van der Waals surface area contributed by atoms with Crippen molar-refractivity contribution in [3.05, 3.63) is 243 Å². The second-order valence-electron chi connectivity index (χ2n) is 19.9. The summed E-state index contributed by atoms with van der Waals surface area (Å²) in [5.74, 6) is 3.17. The topological polar surface area (TPSA) is 6.48 Å². The molecule has 0 radical (unpaired) electrons. The molecule has 0 aromatic heterocycles. The van der Waals surface area contributed by atoms with Crippen LogP contribution in [-0.4, -0.2) is 15.8 Å². The molecule has 7 atom stereocenters. The van der Waals surface area contributed by atoms with Crippen molar-refractivity contribution in [2.75, 3.05) is 0 Å². The third-order valence-corrected chi connectivity index (χ3v) is 16.2. The Kier molecular flexibility index (Phi) is 9.23. The van der Waals surface area contributed by atoms with E-state index in [-0.39, 0.29) is 0 Å². The second-order valence-corrected chi connectivity index (χ2v) is 19.9. The molecule has 11 aliphatic rings. The van der Waals surface area contributed by atoms with Crippen molar-refractivity contribution >= 4 is 5.57 Å². The van der Waals surface area contributed by atoms with E-state index in [1.807, 2.05) is 0 Å². The van der Waals surface area contributed by atoms with E-state index >= 15 is 0 Å². The standard InChI is InChI=1S/C61H58N2/c1-5-15-40(16-6-1)47-31-48(41-17-7-2-8-18-41)34-51(33-47)62-58-24-14-13-23-53(58)56-37-44(26-29-59(56)62)45-27-30-60-57(38-45)54-28-25-46-39-55(46)61(54)63(60)52-35-49(42-19-9-3-10-20-42)32-50(36-52)43-21-11-4-12-22-43/h1-3,5-11,15-19,21-22,25-28,30-33,36-37,42,46,48-49,55,57,59H,4,12-14,20,23-24,29,34-35,38-39H2/t42?,46-,48?,49?,55-,57?,59?/m1/s1. The van der Waals surface area contributed by atoms with Crippen molar-refractivity contribution in [1.82, 2.24) is 9.80 Å². The van der Waals surface area contributed by atoms with Gasteiger partial charge in [0.1, 0.15) is 0 Å². The first-order valence-corrected chi connectivity index (χ1v) is 24.4. The lowest BCUT2D eigenvalue weighted by atomic mass is 9.78. The highest BCUT2D eigenvalue weighted by atomic mass is 15.2. The van der Waals surface area contributed by atoms with Gasteiger partial charge in [-0.15, -0.1) is 0 Å². The zero-order valence-corrected chi connectivity index (χ0v) is 36.5. The quantitative estimate of drug-likeness (QED) is 0.275. The molecule has 2 aromatic rings. The number of hydrogen-bond donors (Lipinski definition) is 0. The number of rotatable bonds is 7. The molecular weight excluding hydrogens is 761 g/mol. The zero-order chi connectivity index (χ0) is 41.4. The normalized spacial score (nSPS) is 31.3. The van der Waals surface area contributed by atoms with Gasteiger partial charge in [0, 0.05) is 46.2 Å². The molecule has 1 fully saturated rings. The Hall–Kier alpha value is -5.86. The highest BCUT2D eigenvalue weighted by molar-refractivity contribution is 5.77. The van der Waals surface area contributed by atoms with Crippen LogP contribution in [0, 0.1) is 29.6 Å². The van der Waals surface area contributed by atoms with Gasteiger partial charge in [0.15, 0.2) is 0 Å². The molecule has 0 amide bonds. The van der Waals surface area contributed by atoms with Crippen LogP contribution in [0.5, 0.6) is 0 Å². The molecule has 2 aromatic carbocycles. The number of allylic oxidation sites excluding steroid dienone is 26. The Morgan fingerprint density at radius 3 is 2.35 bits per heavy atom. The fourth-order valence-corrected chi connectivity index (χ4v) is 13.1. The van der Waals surface area contributed by atoms with E-state index in [0.717, 1.165) is 44.9 Å². The van der Waals surface area contributed by atoms with Crippen LogP contribution in [0.2, 0.25) is 0 Å². The molecule has 5 unspecified atom stereocenters. The molecular formula is C61H58N2. The minimum atomic E-state index is 0.357. The van der Waals surface area contributed by atoms with Gasteiger partial charge in [0.2, 0.25) is 0 Å². The van der Waals surface area contributed by atoms with Crippen LogP contribution in [0.1, 0.15) is 94.1 Å². The summed E-state index contributed by atoms with van der Waals surface area (Å²) >= 11 is 0. The predicted molar refractivity (Wildman–Crippen MR) is 259 cm³/mol. The fraction of sp³-hybridized carbons (Fsp3) is 0.311. The van der Waals surface area contributed by atoms with E-state index in [2.05, 4.69) is 174 Å². The first kappa shape index (κ1) is 37.7. The fourth-order valence-electron chi connectivity index (χ4n) is 13.1. The number of fused-ring (bicyclic) bond motifs is 6. The summed E-state index contributed by atoms with van der Waals surface area (Å²) in [7, 11) is 0. The largest absolute Gasteiger partial charge is 0.341 e. The van der Waals surface area contributed by atoms with Crippen LogP contribution in [0.25, 0.3) is 5.57 Å². The van der Waals surface area contributed by atoms with Crippen molar-refractivity contribution in [3.63, 3.8) is 0 Å². The first-order valence-electron chi connectivity index (χ1n) is 24.4. The summed E-state index contributed by atoms with van der Waals surface area (Å²) in [6.45, 7) is 0. The molecule has 2 heteroatoms. The molecule has 2 aliphatic heterocycles. The van der Waals surface area contributed by atoms with Gasteiger partial charge >= 0.3 is 0 Å². The maximum Gasteiger partial charge on any atom is 0.0623 e. The van der Waals surface area contributed by atoms with Crippen LogP contribution in [-0.2, 0) is 0 Å². The van der Waals surface area contributed by atoms with Gasteiger partial charge in [-0.3, -0.25) is 0 Å². The van der Waals surface area contributed by atoms with Crippen molar-refractivity contribution in [2.45, 2.75) is 89.0 Å². The van der Waals surface area contributed by atoms with Gasteiger partial charge in [0.25, 0.3) is 0 Å². The molecule has 13 rings (SSSR count). The van der Waals surface area contributed by atoms with Crippen molar-refractivity contribution in [1.29, 1.82) is 0 Å². The van der Waals surface area contributed by atoms with E-state index in [9.17, 15) is 0 Å². The molecule has 2 heterocycles. The number of nitrogens with zero attached hydrogens (tertiary/aromatic N) is 2. The maximum atomic E-state index is 2.84. The molecule has 0 bridgehead atoms. The van der Waals surface area contributed by atoms with Gasteiger partial charge in [0.05, 0.1) is 6.04 Å². The zero-order valence-electron chi connectivity index (χ0n) is 36.5. The summed E-state index contributed by atoms with van der Waals surface area (Å²) in [5.41, 5.74) is 22.5. The van der Waals surface area contributed by atoms with E-state index < -0.39 is 0 Å². The highest BCUT2D eigenvalue weighted by Crippen LogP contribution is 2.60. The third kappa shape index (κ3) is 6.58. The summed E-state index contributed by atoms with van der Waals surface area (Å²) in [6.07, 6.45) is 56.3. The first-order chi connectivity index (χ1) is 31.2. The van der Waals surface area contributed by atoms with E-state index in [1.54, 1.807) is 28.1 Å². The van der Waals surface area contributed by atoms with Gasteiger partial charge in [-0.1, -0.05) is 140 Å². The Labute approximate surface area is 374 Å². The summed E-state index contributed by atoms with van der Waals surface area (Å²) < 4.78 is 0. The molecule has 63 heavy (non-hydrogen) atoms. The summed E-state index contributed by atoms with van der Waals surface area (Å²) in [4.78, 5) is 5.65. The second kappa shape index (κ2) is 15.4. The Morgan fingerprint density at radius 2 is 1.49 bits per heavy atom. The third-order valence-electron chi connectivity index (χ3n) is 16.2. The van der Waals surface area contributed by atoms with Crippen LogP contribution in [0.15, 0.2) is 231 Å². The lowest BCUT2D eigenvalue weighted by Crippen LogP contribution is -2.32. The van der Waals surface area contributed by atoms with E-state index in [1.165, 1.54) is 88.2 Å². The van der Waals surface area contributed by atoms with Crippen LogP contribution in [0.4, 0.5) is 0 Å². The molecule has 0 saturated heterocycles. The molecule has 9 aliphatic carbocycles. The molecule has 1 saturated carbocycles. The lowest BCUT2D eigenvalue weighted by Gasteiger charge is -2.37. The van der Waals surface area contributed by atoms with E-state index in [0.29, 0.717) is 41.5 Å². The maximum absolute atomic E-state index is 2.84. The predicted octanol–water partition coefficient (Wildman–Crippen LogP) is 14.8. The van der Waals surface area contributed by atoms with Gasteiger partial charge in [-0.2, -0.15) is 0 Å². The van der Waals surface area contributed by atoms with Crippen LogP contribution >= 0.6 is 0 Å². The average Bonchev–Trinajstić information content (AvgIpc) is 3.99. The van der Waals surface area contributed by atoms with Crippen LogP contribution in [0.3, 0.4) is 0 Å². The van der Waals surface area contributed by atoms with Crippen LogP contribution < -0.4 is 0 Å². The van der Waals surface area contributed by atoms with Crippen molar-refractivity contribution in [3.8, 4) is 0 Å². The lowest BCUT2D eigenvalue weighted by molar-refractivity contribution is 0.341. The minimum absolute atomic E-state index is 0.357. The van der Waals surface area contributed by atoms with Gasteiger partial charge < -0.3 is 9.80 Å². The highest BCUT2D eigenvalue weighted by Gasteiger charge is 2.51. The summed E-state index contributed by atoms with van der Waals surface area (Å²) in [5, 5.41) is 0. The minimum Gasteiger partial charge on any atom is -0.341 e. The molecule has 2 nitrogen and oxygen atoms in total. The van der Waals surface area contributed by atoms with Gasteiger partial charge in [-0.05, 0) is 175 Å². The number of benzene rings is 2. The monoisotopic (exact) mass is 818 g/mol. The Bertz CT molecular complexity index is 2760. The molecule has 0 N–H and O–H groups in total. The van der Waals surface area contributed by atoms with Crippen molar-refractivity contribution < 1.29 is 0 Å².